The molecule has 2 atom stereocenters. The number of allylic oxidation sites excluding steroid dienone is 18. The number of unbranched alkanes of at least 4 members (excludes halogenated alkanes) is 35. The molecule has 9 nitrogen and oxygen atoms in total. The largest absolute Gasteiger partial charge is 0.545 e. The minimum atomic E-state index is -1.63. The summed E-state index contributed by atoms with van der Waals surface area (Å²) in [6, 6.07) is 0. The molecule has 0 fully saturated rings. The van der Waals surface area contributed by atoms with Gasteiger partial charge in [0.05, 0.1) is 40.3 Å². The molecule has 0 N–H and O–H groups in total. The number of carbonyl (C=O) groups excluding carboxylic acids is 3. The van der Waals surface area contributed by atoms with E-state index in [9.17, 15) is 19.5 Å². The van der Waals surface area contributed by atoms with Gasteiger partial charge in [-0.15, -0.1) is 0 Å². The number of carboxylic acids is 1. The van der Waals surface area contributed by atoms with Crippen LogP contribution in [-0.2, 0) is 33.3 Å². The molecule has 9 heteroatoms. The Morgan fingerprint density at radius 1 is 0.348 bits per heavy atom. The third-order valence-corrected chi connectivity index (χ3v) is 16.0. The molecule has 0 radical (unpaired) electrons. The number of ether oxygens (including phenoxy) is 4. The lowest BCUT2D eigenvalue weighted by molar-refractivity contribution is -0.870. The highest BCUT2D eigenvalue weighted by atomic mass is 16.7. The van der Waals surface area contributed by atoms with Crippen molar-refractivity contribution >= 4 is 17.9 Å². The minimum absolute atomic E-state index is 0.145. The van der Waals surface area contributed by atoms with E-state index in [4.69, 9.17) is 18.9 Å². The fraction of sp³-hybridized carbons (Fsp3) is 0.738. The van der Waals surface area contributed by atoms with E-state index in [2.05, 4.69) is 123 Å². The second kappa shape index (κ2) is 69.8. The molecule has 512 valence electrons. The van der Waals surface area contributed by atoms with E-state index < -0.39 is 24.3 Å². The highest BCUT2D eigenvalue weighted by molar-refractivity contribution is 5.70. The summed E-state index contributed by atoms with van der Waals surface area (Å²) in [5.74, 6) is -2.27. The SMILES string of the molecule is CC/C=C\C/C=C\C/C=C\C/C=C\C/C=C\C/C=C\CCCCCCCCCCCCCCCCCCCCC(=O)OC(COC(=O)CCCCCCCCCCCCCC/C=C\C/C=C\C/C=C\CCCCCCC)COC(OCC[N+](C)(C)C)C(=O)[O-]. The van der Waals surface area contributed by atoms with Crippen molar-refractivity contribution in [3.63, 3.8) is 0 Å². The van der Waals surface area contributed by atoms with E-state index in [1.54, 1.807) is 0 Å². The first-order valence-electron chi connectivity index (χ1n) is 37.0. The van der Waals surface area contributed by atoms with Crippen molar-refractivity contribution in [3.8, 4) is 0 Å². The van der Waals surface area contributed by atoms with Crippen LogP contribution in [0.15, 0.2) is 109 Å². The number of aliphatic carboxylic acids is 1. The van der Waals surface area contributed by atoms with E-state index in [0.29, 0.717) is 17.4 Å². The zero-order valence-corrected chi connectivity index (χ0v) is 58.5. The molecular weight excluding hydrogens is 1100 g/mol. The summed E-state index contributed by atoms with van der Waals surface area (Å²) < 4.78 is 22.8. The molecule has 0 heterocycles. The number of hydrogen-bond donors (Lipinski definition) is 0. The number of likely N-dealkylation sites (N-methyl/N-ethyl adjacent to an activating group) is 1. The Bertz CT molecular complexity index is 1830. The Morgan fingerprint density at radius 3 is 0.955 bits per heavy atom. The van der Waals surface area contributed by atoms with Gasteiger partial charge in [0.25, 0.3) is 0 Å². The van der Waals surface area contributed by atoms with Crippen LogP contribution in [0.4, 0.5) is 0 Å². The number of carboxylic acid groups (broad SMARTS) is 1. The summed E-state index contributed by atoms with van der Waals surface area (Å²) >= 11 is 0. The fourth-order valence-corrected chi connectivity index (χ4v) is 10.4. The Labute approximate surface area is 549 Å². The van der Waals surface area contributed by atoms with Gasteiger partial charge in [-0.2, -0.15) is 0 Å². The first-order valence-corrected chi connectivity index (χ1v) is 37.0. The number of rotatable bonds is 68. The molecule has 0 rings (SSSR count). The molecule has 0 spiro atoms. The number of hydrogen-bond acceptors (Lipinski definition) is 8. The van der Waals surface area contributed by atoms with Gasteiger partial charge in [0.1, 0.15) is 13.2 Å². The zero-order chi connectivity index (χ0) is 64.7. The standard InChI is InChI=1S/C80H139NO8/c1-6-8-10-12-14-16-18-20-22-24-26-28-30-32-34-35-36-37-38-39-40-41-42-43-45-47-49-51-53-55-57-59-61-63-65-67-69-71-78(83)89-76(75-88-80(79(84)85)86-73-72-81(3,4)5)74-87-77(82)70-68-66-64-62-60-58-56-54-52-50-48-46-44-33-31-29-27-25-23-21-19-17-15-13-11-9-7-2/h8,10,14,16,19-22,25-28,31-34,36-37,76,80H,6-7,9,11-13,15,17-18,23-24,29-30,35,38-75H2,1-5H3/b10-8-,16-14-,21-19-,22-20-,27-25-,28-26-,33-31-,34-32-,37-36-. The topological polar surface area (TPSA) is 111 Å². The number of carbonyl (C=O) groups is 3. The van der Waals surface area contributed by atoms with Gasteiger partial charge in [-0.3, -0.25) is 9.59 Å². The molecule has 2 unspecified atom stereocenters. The molecule has 0 aromatic rings. The van der Waals surface area contributed by atoms with Crippen molar-refractivity contribution in [1.82, 2.24) is 0 Å². The van der Waals surface area contributed by atoms with Crippen LogP contribution in [-0.4, -0.2) is 82.3 Å². The quantitative estimate of drug-likeness (QED) is 0.0195. The summed E-state index contributed by atoms with van der Waals surface area (Å²) in [7, 11) is 5.94. The molecule has 0 aliphatic heterocycles. The summed E-state index contributed by atoms with van der Waals surface area (Å²) in [5.41, 5.74) is 0. The average molecular weight is 1240 g/mol. The number of quaternary nitrogens is 1. The number of esters is 2. The van der Waals surface area contributed by atoms with Crippen LogP contribution in [0.5, 0.6) is 0 Å². The Balaban J connectivity index is 4.07. The van der Waals surface area contributed by atoms with Crippen LogP contribution in [0.1, 0.15) is 322 Å². The van der Waals surface area contributed by atoms with Crippen molar-refractivity contribution in [3.05, 3.63) is 109 Å². The maximum atomic E-state index is 13.0. The van der Waals surface area contributed by atoms with Gasteiger partial charge < -0.3 is 33.3 Å². The lowest BCUT2D eigenvalue weighted by Gasteiger charge is -2.26. The molecule has 0 aliphatic carbocycles. The Kier molecular flexibility index (Phi) is 66.7. The molecule has 0 bridgehead atoms. The average Bonchev–Trinajstić information content (AvgIpc) is 3.70. The smallest absolute Gasteiger partial charge is 0.306 e. The predicted molar refractivity (Wildman–Crippen MR) is 380 cm³/mol. The molecule has 0 saturated carbocycles. The van der Waals surface area contributed by atoms with E-state index in [1.165, 1.54) is 205 Å². The lowest BCUT2D eigenvalue weighted by Crippen LogP contribution is -2.44. The van der Waals surface area contributed by atoms with Crippen molar-refractivity contribution in [2.45, 2.75) is 334 Å². The van der Waals surface area contributed by atoms with Crippen molar-refractivity contribution in [1.29, 1.82) is 0 Å². The predicted octanol–water partition coefficient (Wildman–Crippen LogP) is 22.0. The molecule has 0 aliphatic rings. The van der Waals surface area contributed by atoms with Crippen LogP contribution in [0.2, 0.25) is 0 Å². The van der Waals surface area contributed by atoms with Crippen LogP contribution in [0.3, 0.4) is 0 Å². The van der Waals surface area contributed by atoms with Gasteiger partial charge in [-0.05, 0) is 103 Å². The second-order valence-electron chi connectivity index (χ2n) is 25.9. The van der Waals surface area contributed by atoms with Crippen molar-refractivity contribution in [2.75, 3.05) is 47.5 Å². The highest BCUT2D eigenvalue weighted by Gasteiger charge is 2.22. The van der Waals surface area contributed by atoms with Crippen LogP contribution in [0.25, 0.3) is 0 Å². The van der Waals surface area contributed by atoms with E-state index in [-0.39, 0.29) is 38.6 Å². The van der Waals surface area contributed by atoms with Crippen LogP contribution < -0.4 is 5.11 Å². The first-order chi connectivity index (χ1) is 43.6. The van der Waals surface area contributed by atoms with Crippen LogP contribution in [0, 0.1) is 0 Å². The molecule has 89 heavy (non-hydrogen) atoms. The first kappa shape index (κ1) is 85.0. The second-order valence-corrected chi connectivity index (χ2v) is 25.9. The summed E-state index contributed by atoms with van der Waals surface area (Å²) in [6.45, 7) is 4.65. The van der Waals surface area contributed by atoms with E-state index in [0.717, 1.165) is 83.5 Å². The monoisotopic (exact) mass is 1240 g/mol. The van der Waals surface area contributed by atoms with E-state index >= 15 is 0 Å². The maximum Gasteiger partial charge on any atom is 0.306 e. The van der Waals surface area contributed by atoms with Gasteiger partial charge >= 0.3 is 11.9 Å². The molecule has 0 aromatic carbocycles. The van der Waals surface area contributed by atoms with Crippen molar-refractivity contribution < 1.29 is 42.9 Å². The van der Waals surface area contributed by atoms with Gasteiger partial charge in [0.2, 0.25) is 0 Å². The van der Waals surface area contributed by atoms with Gasteiger partial charge in [-0.25, -0.2) is 0 Å². The maximum absolute atomic E-state index is 13.0. The van der Waals surface area contributed by atoms with Gasteiger partial charge in [0.15, 0.2) is 12.4 Å². The molecule has 0 aromatic heterocycles. The van der Waals surface area contributed by atoms with Crippen LogP contribution >= 0.6 is 0 Å². The van der Waals surface area contributed by atoms with Gasteiger partial charge in [-0.1, -0.05) is 316 Å². The Hall–Kier alpha value is -4.05. The van der Waals surface area contributed by atoms with Crippen molar-refractivity contribution in [2.24, 2.45) is 0 Å². The highest BCUT2D eigenvalue weighted by Crippen LogP contribution is 2.18. The zero-order valence-electron chi connectivity index (χ0n) is 58.5. The number of nitrogens with zero attached hydrogens (tertiary/aromatic N) is 1. The summed E-state index contributed by atoms with van der Waals surface area (Å²) in [6.07, 6.45) is 94.6. The lowest BCUT2D eigenvalue weighted by atomic mass is 10.0. The Morgan fingerprint density at radius 2 is 0.640 bits per heavy atom. The summed E-state index contributed by atoms with van der Waals surface area (Å²) in [4.78, 5) is 37.5. The third-order valence-electron chi connectivity index (χ3n) is 16.0. The van der Waals surface area contributed by atoms with Gasteiger partial charge in [0, 0.05) is 12.8 Å². The molecule has 0 saturated heterocycles. The normalized spacial score (nSPS) is 13.3. The van der Waals surface area contributed by atoms with E-state index in [1.807, 2.05) is 21.1 Å². The molecule has 0 amide bonds. The third kappa shape index (κ3) is 71.3. The minimum Gasteiger partial charge on any atom is -0.545 e. The molecular formula is C80H139NO8. The fourth-order valence-electron chi connectivity index (χ4n) is 10.4. The summed E-state index contributed by atoms with van der Waals surface area (Å²) in [5, 5.41) is 11.8.